The Hall–Kier alpha value is -2.12. The Balaban J connectivity index is 2.74. The second-order valence-electron chi connectivity index (χ2n) is 4.08. The van der Waals surface area contributed by atoms with Crippen molar-refractivity contribution < 1.29 is 28.6 Å². The molecule has 1 aliphatic heterocycles. The van der Waals surface area contributed by atoms with Gasteiger partial charge in [0.1, 0.15) is 19.3 Å². The molecule has 0 aliphatic carbocycles. The number of amides is 1. The molecule has 0 aromatic rings. The fourth-order valence-corrected chi connectivity index (χ4v) is 1.54. The third-order valence-corrected chi connectivity index (χ3v) is 2.39. The molecule has 0 spiro atoms. The molecular formula is C12H18N2O6. The lowest BCUT2D eigenvalue weighted by molar-refractivity contribution is -0.144. The van der Waals surface area contributed by atoms with Crippen LogP contribution in [0.15, 0.2) is 4.99 Å². The fraction of sp³-hybridized carbons (Fsp3) is 0.667. The molecule has 1 rings (SSSR count). The third-order valence-electron chi connectivity index (χ3n) is 2.39. The van der Waals surface area contributed by atoms with Crippen molar-refractivity contribution in [3.8, 4) is 0 Å². The van der Waals surface area contributed by atoms with Crippen molar-refractivity contribution in [3.05, 3.63) is 0 Å². The second-order valence-corrected chi connectivity index (χ2v) is 4.08. The lowest BCUT2D eigenvalue weighted by Crippen LogP contribution is -2.54. The van der Waals surface area contributed by atoms with Gasteiger partial charge in [-0.3, -0.25) is 14.4 Å². The molecule has 2 unspecified atom stereocenters. The van der Waals surface area contributed by atoms with Crippen LogP contribution in [0.1, 0.15) is 20.8 Å². The van der Waals surface area contributed by atoms with Crippen LogP contribution in [0.5, 0.6) is 0 Å². The molecule has 0 saturated carbocycles. The van der Waals surface area contributed by atoms with Crippen molar-refractivity contribution in [2.45, 2.75) is 32.9 Å². The normalized spacial score (nSPS) is 21.6. The number of hydrogen-bond acceptors (Lipinski definition) is 7. The van der Waals surface area contributed by atoms with Crippen LogP contribution >= 0.6 is 0 Å². The highest BCUT2D eigenvalue weighted by Crippen LogP contribution is 2.07. The van der Waals surface area contributed by atoms with Crippen molar-refractivity contribution in [1.29, 1.82) is 0 Å². The molecule has 0 aromatic heterocycles. The van der Waals surface area contributed by atoms with Crippen molar-refractivity contribution in [3.63, 3.8) is 0 Å². The third kappa shape index (κ3) is 4.87. The standard InChI is InChI=1S/C12H18N2O6/c1-4-18-12-10(6-20-8(3)16)13-11(17)9(14-12)5-19-7(2)15/h9-10H,4-6H2,1-3H3,(H,13,17). The summed E-state index contributed by atoms with van der Waals surface area (Å²) in [6, 6.07) is -1.48. The summed E-state index contributed by atoms with van der Waals surface area (Å²) in [6.45, 7) is 4.43. The molecule has 8 heteroatoms. The number of rotatable bonds is 5. The number of carbonyl (C=O) groups excluding carboxylic acids is 3. The van der Waals surface area contributed by atoms with Crippen LogP contribution in [0, 0.1) is 0 Å². The Morgan fingerprint density at radius 2 is 1.80 bits per heavy atom. The van der Waals surface area contributed by atoms with E-state index in [1.165, 1.54) is 13.8 Å². The summed E-state index contributed by atoms with van der Waals surface area (Å²) >= 11 is 0. The van der Waals surface area contributed by atoms with E-state index >= 15 is 0 Å². The minimum absolute atomic E-state index is 0.0554. The van der Waals surface area contributed by atoms with Crippen LogP contribution in [-0.4, -0.2) is 55.6 Å². The van der Waals surface area contributed by atoms with Gasteiger partial charge in [0.2, 0.25) is 11.8 Å². The first-order chi connectivity index (χ1) is 9.43. The molecule has 1 heterocycles. The maximum Gasteiger partial charge on any atom is 0.302 e. The molecule has 1 N–H and O–H groups in total. The Morgan fingerprint density at radius 1 is 1.20 bits per heavy atom. The molecule has 0 saturated heterocycles. The molecule has 1 aliphatic rings. The maximum atomic E-state index is 11.8. The average Bonchev–Trinajstić information content (AvgIpc) is 2.37. The van der Waals surface area contributed by atoms with Crippen LogP contribution in [0.2, 0.25) is 0 Å². The molecule has 0 aromatic carbocycles. The van der Waals surface area contributed by atoms with E-state index in [9.17, 15) is 14.4 Å². The summed E-state index contributed by atoms with van der Waals surface area (Å²) in [5.74, 6) is -1.11. The van der Waals surface area contributed by atoms with E-state index in [-0.39, 0.29) is 19.1 Å². The highest BCUT2D eigenvalue weighted by atomic mass is 16.5. The van der Waals surface area contributed by atoms with Crippen LogP contribution in [0.25, 0.3) is 0 Å². The van der Waals surface area contributed by atoms with Gasteiger partial charge in [-0.15, -0.1) is 0 Å². The Labute approximate surface area is 116 Å². The van der Waals surface area contributed by atoms with Gasteiger partial charge in [-0.1, -0.05) is 0 Å². The molecule has 20 heavy (non-hydrogen) atoms. The topological polar surface area (TPSA) is 103 Å². The van der Waals surface area contributed by atoms with Gasteiger partial charge in [-0.05, 0) is 6.92 Å². The number of hydrogen-bond donors (Lipinski definition) is 1. The van der Waals surface area contributed by atoms with Gasteiger partial charge in [0.05, 0.1) is 6.61 Å². The number of nitrogens with one attached hydrogen (secondary N) is 1. The van der Waals surface area contributed by atoms with Crippen molar-refractivity contribution in [2.75, 3.05) is 19.8 Å². The number of ether oxygens (including phenoxy) is 3. The van der Waals surface area contributed by atoms with Gasteiger partial charge in [0, 0.05) is 13.8 Å². The number of aliphatic imine (C=N–C) groups is 1. The van der Waals surface area contributed by atoms with E-state index in [4.69, 9.17) is 14.2 Å². The van der Waals surface area contributed by atoms with Gasteiger partial charge in [0.15, 0.2) is 6.04 Å². The van der Waals surface area contributed by atoms with Gasteiger partial charge in [0.25, 0.3) is 0 Å². The smallest absolute Gasteiger partial charge is 0.302 e. The SMILES string of the molecule is CCOC1=NC(COC(C)=O)C(=O)NC1COC(C)=O. The van der Waals surface area contributed by atoms with Crippen molar-refractivity contribution in [1.82, 2.24) is 5.32 Å². The predicted molar refractivity (Wildman–Crippen MR) is 68.0 cm³/mol. The molecule has 112 valence electrons. The van der Waals surface area contributed by atoms with Gasteiger partial charge in [-0.25, -0.2) is 4.99 Å². The van der Waals surface area contributed by atoms with Crippen LogP contribution in [0.4, 0.5) is 0 Å². The molecule has 0 fully saturated rings. The van der Waals surface area contributed by atoms with Crippen LogP contribution in [-0.2, 0) is 28.6 Å². The quantitative estimate of drug-likeness (QED) is 0.678. The molecule has 2 atom stereocenters. The lowest BCUT2D eigenvalue weighted by Gasteiger charge is -2.27. The molecular weight excluding hydrogens is 268 g/mol. The van der Waals surface area contributed by atoms with E-state index in [2.05, 4.69) is 10.3 Å². The Morgan fingerprint density at radius 3 is 2.35 bits per heavy atom. The number of nitrogens with zero attached hydrogens (tertiary/aromatic N) is 1. The second kappa shape index (κ2) is 7.46. The Kier molecular flexibility index (Phi) is 5.95. The van der Waals surface area contributed by atoms with Crippen LogP contribution in [0.3, 0.4) is 0 Å². The zero-order chi connectivity index (χ0) is 15.1. The largest absolute Gasteiger partial charge is 0.480 e. The summed E-state index contributed by atoms with van der Waals surface area (Å²) in [7, 11) is 0. The van der Waals surface area contributed by atoms with Crippen molar-refractivity contribution >= 4 is 23.7 Å². The first kappa shape index (κ1) is 15.9. The molecule has 0 radical (unpaired) electrons. The Bertz CT molecular complexity index is 420. The number of esters is 2. The van der Waals surface area contributed by atoms with E-state index < -0.39 is 29.9 Å². The van der Waals surface area contributed by atoms with E-state index in [1.807, 2.05) is 0 Å². The van der Waals surface area contributed by atoms with E-state index in [1.54, 1.807) is 6.92 Å². The highest BCUT2D eigenvalue weighted by Gasteiger charge is 2.32. The van der Waals surface area contributed by atoms with Gasteiger partial charge < -0.3 is 19.5 Å². The minimum atomic E-state index is -0.853. The molecule has 1 amide bonds. The zero-order valence-corrected chi connectivity index (χ0v) is 11.7. The minimum Gasteiger partial charge on any atom is -0.480 e. The van der Waals surface area contributed by atoms with Crippen LogP contribution < -0.4 is 5.32 Å². The highest BCUT2D eigenvalue weighted by molar-refractivity contribution is 5.95. The fourth-order valence-electron chi connectivity index (χ4n) is 1.54. The predicted octanol–water partition coefficient (Wildman–Crippen LogP) is -0.585. The first-order valence-corrected chi connectivity index (χ1v) is 6.21. The summed E-state index contributed by atoms with van der Waals surface area (Å²) in [5.41, 5.74) is 0. The first-order valence-electron chi connectivity index (χ1n) is 6.21. The summed E-state index contributed by atoms with van der Waals surface area (Å²) < 4.78 is 14.9. The zero-order valence-electron chi connectivity index (χ0n) is 11.7. The van der Waals surface area contributed by atoms with E-state index in [0.29, 0.717) is 6.61 Å². The summed E-state index contributed by atoms with van der Waals surface area (Å²) in [6.07, 6.45) is 0. The average molecular weight is 286 g/mol. The van der Waals surface area contributed by atoms with E-state index in [0.717, 1.165) is 0 Å². The lowest BCUT2D eigenvalue weighted by atomic mass is 10.2. The summed E-state index contributed by atoms with van der Waals surface area (Å²) in [4.78, 5) is 37.5. The van der Waals surface area contributed by atoms with Crippen molar-refractivity contribution in [2.24, 2.45) is 4.99 Å². The molecule has 0 bridgehead atoms. The monoisotopic (exact) mass is 286 g/mol. The summed E-state index contributed by atoms with van der Waals surface area (Å²) in [5, 5.41) is 2.62. The molecule has 8 nitrogen and oxygen atoms in total. The van der Waals surface area contributed by atoms with Gasteiger partial charge in [-0.2, -0.15) is 0 Å². The number of carbonyl (C=O) groups is 3. The maximum absolute atomic E-state index is 11.8. The van der Waals surface area contributed by atoms with Gasteiger partial charge >= 0.3 is 11.9 Å².